The van der Waals surface area contributed by atoms with Gasteiger partial charge in [-0.05, 0) is 25.7 Å². The standard InChI is InChI=1S/C13H26N2O/c1-4-13(5-2)10-15(7-6-14-13)11-8-12(9-11)16-3/h11-12,14H,4-10H2,1-3H3. The van der Waals surface area contributed by atoms with Gasteiger partial charge in [0.1, 0.15) is 0 Å². The van der Waals surface area contributed by atoms with Gasteiger partial charge in [0, 0.05) is 38.3 Å². The first-order valence-corrected chi connectivity index (χ1v) is 6.75. The second-order valence-electron chi connectivity index (χ2n) is 5.37. The van der Waals surface area contributed by atoms with Gasteiger partial charge in [0.2, 0.25) is 0 Å². The van der Waals surface area contributed by atoms with Crippen molar-refractivity contribution in [3.63, 3.8) is 0 Å². The van der Waals surface area contributed by atoms with Crippen LogP contribution in [0, 0.1) is 0 Å². The number of nitrogens with zero attached hydrogens (tertiary/aromatic N) is 1. The third-order valence-corrected chi connectivity index (χ3v) is 4.68. The average Bonchev–Trinajstić information content (AvgIpc) is 2.28. The van der Waals surface area contributed by atoms with E-state index in [0.29, 0.717) is 11.6 Å². The molecule has 2 fully saturated rings. The molecule has 1 saturated heterocycles. The molecule has 1 aliphatic carbocycles. The Labute approximate surface area is 99.5 Å². The third kappa shape index (κ3) is 2.27. The van der Waals surface area contributed by atoms with E-state index in [0.717, 1.165) is 12.6 Å². The highest BCUT2D eigenvalue weighted by Gasteiger charge is 2.39. The number of hydrogen-bond acceptors (Lipinski definition) is 3. The lowest BCUT2D eigenvalue weighted by Crippen LogP contribution is -2.64. The number of rotatable bonds is 4. The molecule has 0 atom stereocenters. The first kappa shape index (κ1) is 12.3. The Balaban J connectivity index is 1.87. The van der Waals surface area contributed by atoms with E-state index in [9.17, 15) is 0 Å². The second kappa shape index (κ2) is 5.03. The van der Waals surface area contributed by atoms with Crippen molar-refractivity contribution in [2.45, 2.75) is 57.2 Å². The summed E-state index contributed by atoms with van der Waals surface area (Å²) in [6, 6.07) is 0.782. The zero-order valence-electron chi connectivity index (χ0n) is 11.0. The van der Waals surface area contributed by atoms with E-state index in [1.807, 2.05) is 7.11 Å². The highest BCUT2D eigenvalue weighted by atomic mass is 16.5. The normalized spacial score (nSPS) is 34.7. The predicted molar refractivity (Wildman–Crippen MR) is 66.7 cm³/mol. The summed E-state index contributed by atoms with van der Waals surface area (Å²) in [5.41, 5.74) is 0.371. The maximum Gasteiger partial charge on any atom is 0.0601 e. The molecule has 2 aliphatic rings. The Morgan fingerprint density at radius 2 is 2.00 bits per heavy atom. The maximum atomic E-state index is 5.37. The molecule has 0 bridgehead atoms. The molecule has 0 spiro atoms. The SMILES string of the molecule is CCC1(CC)CN(C2CC(OC)C2)CCN1. The lowest BCUT2D eigenvalue weighted by Gasteiger charge is -2.50. The van der Waals surface area contributed by atoms with Gasteiger partial charge in [-0.25, -0.2) is 0 Å². The van der Waals surface area contributed by atoms with Crippen molar-refractivity contribution in [1.82, 2.24) is 10.2 Å². The van der Waals surface area contributed by atoms with Crippen molar-refractivity contribution in [3.05, 3.63) is 0 Å². The lowest BCUT2D eigenvalue weighted by atomic mass is 9.83. The van der Waals surface area contributed by atoms with Crippen molar-refractivity contribution in [3.8, 4) is 0 Å². The molecule has 0 amide bonds. The number of piperazine rings is 1. The lowest BCUT2D eigenvalue weighted by molar-refractivity contribution is -0.0443. The van der Waals surface area contributed by atoms with E-state index >= 15 is 0 Å². The minimum Gasteiger partial charge on any atom is -0.381 e. The first-order chi connectivity index (χ1) is 7.73. The Hall–Kier alpha value is -0.120. The molecule has 94 valence electrons. The van der Waals surface area contributed by atoms with E-state index in [-0.39, 0.29) is 0 Å². The van der Waals surface area contributed by atoms with Crippen molar-refractivity contribution in [2.75, 3.05) is 26.7 Å². The summed E-state index contributed by atoms with van der Waals surface area (Å²) in [4.78, 5) is 2.68. The molecule has 0 aromatic carbocycles. The van der Waals surface area contributed by atoms with Crippen LogP contribution in [0.5, 0.6) is 0 Å². The molecule has 0 aromatic heterocycles. The summed E-state index contributed by atoms with van der Waals surface area (Å²) in [7, 11) is 1.83. The summed E-state index contributed by atoms with van der Waals surface area (Å²) in [5.74, 6) is 0. The van der Waals surface area contributed by atoms with Gasteiger partial charge in [0.15, 0.2) is 0 Å². The number of methoxy groups -OCH3 is 1. The van der Waals surface area contributed by atoms with Crippen LogP contribution >= 0.6 is 0 Å². The third-order valence-electron chi connectivity index (χ3n) is 4.68. The Morgan fingerprint density at radius 3 is 2.56 bits per heavy atom. The van der Waals surface area contributed by atoms with Crippen LogP contribution in [0.3, 0.4) is 0 Å². The maximum absolute atomic E-state index is 5.37. The Bertz CT molecular complexity index is 222. The predicted octanol–water partition coefficient (Wildman–Crippen LogP) is 1.63. The summed E-state index contributed by atoms with van der Waals surface area (Å²) in [6.07, 6.45) is 5.47. The summed E-state index contributed by atoms with van der Waals surface area (Å²) < 4.78 is 5.37. The highest BCUT2D eigenvalue weighted by Crippen LogP contribution is 2.31. The van der Waals surface area contributed by atoms with E-state index in [1.54, 1.807) is 0 Å². The molecule has 1 aliphatic heterocycles. The molecule has 3 nitrogen and oxygen atoms in total. The number of hydrogen-bond donors (Lipinski definition) is 1. The van der Waals surface area contributed by atoms with Crippen LogP contribution in [-0.2, 0) is 4.74 Å². The topological polar surface area (TPSA) is 24.5 Å². The number of nitrogens with one attached hydrogen (secondary N) is 1. The van der Waals surface area contributed by atoms with Gasteiger partial charge in [-0.2, -0.15) is 0 Å². The Kier molecular flexibility index (Phi) is 3.88. The van der Waals surface area contributed by atoms with E-state index < -0.39 is 0 Å². The van der Waals surface area contributed by atoms with E-state index in [4.69, 9.17) is 4.74 Å². The van der Waals surface area contributed by atoms with Crippen molar-refractivity contribution < 1.29 is 4.74 Å². The van der Waals surface area contributed by atoms with E-state index in [1.165, 1.54) is 38.8 Å². The van der Waals surface area contributed by atoms with Crippen molar-refractivity contribution in [2.24, 2.45) is 0 Å². The van der Waals surface area contributed by atoms with Gasteiger partial charge in [-0.1, -0.05) is 13.8 Å². The minimum atomic E-state index is 0.371. The van der Waals surface area contributed by atoms with Crippen LogP contribution in [-0.4, -0.2) is 49.3 Å². The number of ether oxygens (including phenoxy) is 1. The minimum absolute atomic E-state index is 0.371. The molecule has 16 heavy (non-hydrogen) atoms. The molecule has 2 rings (SSSR count). The summed E-state index contributed by atoms with van der Waals surface area (Å²) in [5, 5.41) is 3.72. The molecular weight excluding hydrogens is 200 g/mol. The molecule has 0 aromatic rings. The van der Waals surface area contributed by atoms with Gasteiger partial charge in [0.05, 0.1) is 6.10 Å². The quantitative estimate of drug-likeness (QED) is 0.788. The van der Waals surface area contributed by atoms with Gasteiger partial charge in [0.25, 0.3) is 0 Å². The average molecular weight is 226 g/mol. The van der Waals surface area contributed by atoms with Crippen molar-refractivity contribution in [1.29, 1.82) is 0 Å². The van der Waals surface area contributed by atoms with Crippen LogP contribution in [0.15, 0.2) is 0 Å². The van der Waals surface area contributed by atoms with Gasteiger partial charge in [-0.3, -0.25) is 4.90 Å². The molecule has 1 saturated carbocycles. The molecule has 1 N–H and O–H groups in total. The molecule has 0 radical (unpaired) electrons. The van der Waals surface area contributed by atoms with Crippen LogP contribution < -0.4 is 5.32 Å². The fraction of sp³-hybridized carbons (Fsp3) is 1.00. The van der Waals surface area contributed by atoms with Gasteiger partial charge >= 0.3 is 0 Å². The molecule has 3 heteroatoms. The van der Waals surface area contributed by atoms with Crippen LogP contribution in [0.25, 0.3) is 0 Å². The molecule has 1 heterocycles. The van der Waals surface area contributed by atoms with Crippen LogP contribution in [0.1, 0.15) is 39.5 Å². The fourth-order valence-corrected chi connectivity index (χ4v) is 3.05. The van der Waals surface area contributed by atoms with Crippen molar-refractivity contribution >= 4 is 0 Å². The van der Waals surface area contributed by atoms with Gasteiger partial charge in [-0.15, -0.1) is 0 Å². The largest absolute Gasteiger partial charge is 0.381 e. The van der Waals surface area contributed by atoms with Gasteiger partial charge < -0.3 is 10.1 Å². The monoisotopic (exact) mass is 226 g/mol. The fourth-order valence-electron chi connectivity index (χ4n) is 3.05. The second-order valence-corrected chi connectivity index (χ2v) is 5.37. The zero-order valence-corrected chi connectivity index (χ0v) is 11.0. The smallest absolute Gasteiger partial charge is 0.0601 e. The summed E-state index contributed by atoms with van der Waals surface area (Å²) in [6.45, 7) is 8.19. The summed E-state index contributed by atoms with van der Waals surface area (Å²) >= 11 is 0. The van der Waals surface area contributed by atoms with Crippen LogP contribution in [0.2, 0.25) is 0 Å². The zero-order chi connectivity index (χ0) is 11.6. The molecule has 0 unspecified atom stereocenters. The molecular formula is C13H26N2O. The van der Waals surface area contributed by atoms with E-state index in [2.05, 4.69) is 24.1 Å². The van der Waals surface area contributed by atoms with Crippen LogP contribution in [0.4, 0.5) is 0 Å². The highest BCUT2D eigenvalue weighted by molar-refractivity contribution is 4.98. The first-order valence-electron chi connectivity index (χ1n) is 6.75. The Morgan fingerprint density at radius 1 is 1.31 bits per heavy atom.